The van der Waals surface area contributed by atoms with Gasteiger partial charge >= 0.3 is 0 Å². The third-order valence-corrected chi connectivity index (χ3v) is 4.18. The first-order valence-corrected chi connectivity index (χ1v) is 7.07. The predicted octanol–water partition coefficient (Wildman–Crippen LogP) is 1.55. The van der Waals surface area contributed by atoms with Crippen molar-refractivity contribution < 1.29 is 8.42 Å². The Morgan fingerprint density at radius 2 is 2.00 bits per heavy atom. The molecule has 0 spiro atoms. The average molecular weight is 237 g/mol. The Kier molecular flexibility index (Phi) is 2.64. The van der Waals surface area contributed by atoms with E-state index in [1.165, 1.54) is 6.26 Å². The van der Waals surface area contributed by atoms with Gasteiger partial charge < -0.3 is 5.73 Å². The highest BCUT2D eigenvalue weighted by Gasteiger charge is 2.25. The number of hydrogen-bond donors (Lipinski definition) is 1. The van der Waals surface area contributed by atoms with Crippen LogP contribution < -0.4 is 5.73 Å². The first-order chi connectivity index (χ1) is 7.41. The van der Waals surface area contributed by atoms with E-state index in [2.05, 4.69) is 0 Å². The summed E-state index contributed by atoms with van der Waals surface area (Å²) in [4.78, 5) is 0.400. The number of rotatable bonds is 1. The molecule has 1 aliphatic rings. The van der Waals surface area contributed by atoms with Gasteiger partial charge in [0.15, 0.2) is 9.84 Å². The summed E-state index contributed by atoms with van der Waals surface area (Å²) in [5.74, 6) is 0.0333. The summed E-state index contributed by atoms with van der Waals surface area (Å²) in [6.45, 7) is 1.96. The normalized spacial score (nSPS) is 24.2. The van der Waals surface area contributed by atoms with Crippen molar-refractivity contribution in [3.8, 4) is 0 Å². The quantitative estimate of drug-likeness (QED) is 0.806. The van der Waals surface area contributed by atoms with Crippen LogP contribution in [-0.4, -0.2) is 20.7 Å². The molecule has 1 aromatic carbocycles. The molecule has 2 N–H and O–H groups in total. The number of hydrogen-bond acceptors (Lipinski definition) is 3. The van der Waals surface area contributed by atoms with Crippen LogP contribution in [0.5, 0.6) is 0 Å². The molecule has 2 rings (SSSR count). The van der Waals surface area contributed by atoms with Gasteiger partial charge in [0.25, 0.3) is 0 Å². The highest BCUT2D eigenvalue weighted by molar-refractivity contribution is 7.90. The SMILES string of the molecule is CC1c2c(cccc2S(C)(=O)=O)C=CC1N. The smallest absolute Gasteiger partial charge is 0.175 e. The Balaban J connectivity index is 2.73. The first-order valence-electron chi connectivity index (χ1n) is 5.18. The van der Waals surface area contributed by atoms with E-state index in [4.69, 9.17) is 5.73 Å². The molecule has 0 saturated heterocycles. The van der Waals surface area contributed by atoms with E-state index in [1.807, 2.05) is 25.1 Å². The minimum atomic E-state index is -3.19. The zero-order valence-electron chi connectivity index (χ0n) is 9.34. The van der Waals surface area contributed by atoms with Crippen LogP contribution in [0.3, 0.4) is 0 Å². The molecule has 86 valence electrons. The van der Waals surface area contributed by atoms with Gasteiger partial charge in [-0.15, -0.1) is 0 Å². The molecule has 0 fully saturated rings. The van der Waals surface area contributed by atoms with E-state index in [-0.39, 0.29) is 12.0 Å². The van der Waals surface area contributed by atoms with Crippen LogP contribution >= 0.6 is 0 Å². The maximum atomic E-state index is 11.7. The molecule has 4 heteroatoms. The average Bonchev–Trinajstić information content (AvgIpc) is 2.21. The lowest BCUT2D eigenvalue weighted by molar-refractivity contribution is 0.594. The van der Waals surface area contributed by atoms with Crippen LogP contribution in [-0.2, 0) is 9.84 Å². The molecule has 2 atom stereocenters. The Labute approximate surface area is 95.9 Å². The van der Waals surface area contributed by atoms with Gasteiger partial charge in [-0.2, -0.15) is 0 Å². The molecule has 0 heterocycles. The fraction of sp³-hybridized carbons (Fsp3) is 0.333. The number of benzene rings is 1. The lowest BCUT2D eigenvalue weighted by atomic mass is 9.85. The Hall–Kier alpha value is -1.13. The van der Waals surface area contributed by atoms with Crippen molar-refractivity contribution in [3.63, 3.8) is 0 Å². The van der Waals surface area contributed by atoms with E-state index in [1.54, 1.807) is 12.1 Å². The van der Waals surface area contributed by atoms with Crippen molar-refractivity contribution in [1.29, 1.82) is 0 Å². The fourth-order valence-corrected chi connectivity index (χ4v) is 3.12. The minimum Gasteiger partial charge on any atom is -0.324 e. The van der Waals surface area contributed by atoms with Crippen molar-refractivity contribution in [3.05, 3.63) is 35.4 Å². The molecule has 0 aliphatic heterocycles. The topological polar surface area (TPSA) is 60.2 Å². The van der Waals surface area contributed by atoms with Crippen LogP contribution in [0.4, 0.5) is 0 Å². The third-order valence-electron chi connectivity index (χ3n) is 3.03. The standard InChI is InChI=1S/C12H15NO2S/c1-8-10(13)7-6-9-4-3-5-11(12(8)9)16(2,14)15/h3-8,10H,13H2,1-2H3. The van der Waals surface area contributed by atoms with Crippen LogP contribution in [0.1, 0.15) is 24.0 Å². The third kappa shape index (κ3) is 1.79. The molecule has 16 heavy (non-hydrogen) atoms. The number of fused-ring (bicyclic) bond motifs is 1. The van der Waals surface area contributed by atoms with Gasteiger partial charge in [-0.25, -0.2) is 8.42 Å². The highest BCUT2D eigenvalue weighted by Crippen LogP contribution is 2.33. The summed E-state index contributed by atoms with van der Waals surface area (Å²) in [5, 5.41) is 0. The van der Waals surface area contributed by atoms with Gasteiger partial charge in [0.05, 0.1) is 4.90 Å². The molecule has 0 aromatic heterocycles. The monoisotopic (exact) mass is 237 g/mol. The zero-order chi connectivity index (χ0) is 11.9. The van der Waals surface area contributed by atoms with Crippen LogP contribution in [0.25, 0.3) is 6.08 Å². The summed E-state index contributed by atoms with van der Waals surface area (Å²) in [6.07, 6.45) is 5.05. The van der Waals surface area contributed by atoms with Gasteiger partial charge in [-0.1, -0.05) is 31.2 Å². The van der Waals surface area contributed by atoms with Crippen molar-refractivity contribution in [2.24, 2.45) is 5.73 Å². The lowest BCUT2D eigenvalue weighted by Gasteiger charge is -2.25. The summed E-state index contributed by atoms with van der Waals surface area (Å²) in [6, 6.07) is 5.22. The lowest BCUT2D eigenvalue weighted by Crippen LogP contribution is -2.28. The van der Waals surface area contributed by atoms with Gasteiger partial charge in [-0.3, -0.25) is 0 Å². The summed E-state index contributed by atoms with van der Waals surface area (Å²) >= 11 is 0. The first kappa shape index (κ1) is 11.4. The molecule has 0 bridgehead atoms. The van der Waals surface area contributed by atoms with Gasteiger partial charge in [0.2, 0.25) is 0 Å². The molecular weight excluding hydrogens is 222 g/mol. The second-order valence-electron chi connectivity index (χ2n) is 4.26. The molecule has 2 unspecified atom stereocenters. The van der Waals surface area contributed by atoms with Crippen LogP contribution in [0.15, 0.2) is 29.2 Å². The molecule has 0 saturated carbocycles. The number of nitrogens with two attached hydrogens (primary N) is 1. The van der Waals surface area contributed by atoms with Crippen molar-refractivity contribution in [2.75, 3.05) is 6.26 Å². The summed E-state index contributed by atoms with van der Waals surface area (Å²) < 4.78 is 23.4. The Bertz CT molecular complexity index is 546. The zero-order valence-corrected chi connectivity index (χ0v) is 10.2. The Morgan fingerprint density at radius 1 is 1.31 bits per heavy atom. The number of sulfone groups is 1. The van der Waals surface area contributed by atoms with Crippen molar-refractivity contribution in [2.45, 2.75) is 23.8 Å². The maximum absolute atomic E-state index is 11.7. The maximum Gasteiger partial charge on any atom is 0.175 e. The van der Waals surface area contributed by atoms with E-state index in [0.29, 0.717) is 4.90 Å². The molecule has 1 aromatic rings. The summed E-state index contributed by atoms with van der Waals surface area (Å²) in [7, 11) is -3.19. The van der Waals surface area contributed by atoms with E-state index >= 15 is 0 Å². The molecular formula is C12H15NO2S. The van der Waals surface area contributed by atoms with E-state index < -0.39 is 9.84 Å². The van der Waals surface area contributed by atoms with Crippen LogP contribution in [0, 0.1) is 0 Å². The van der Waals surface area contributed by atoms with Gasteiger partial charge in [0, 0.05) is 18.2 Å². The highest BCUT2D eigenvalue weighted by atomic mass is 32.2. The molecule has 0 amide bonds. The van der Waals surface area contributed by atoms with E-state index in [0.717, 1.165) is 11.1 Å². The molecule has 0 radical (unpaired) electrons. The van der Waals surface area contributed by atoms with Crippen LogP contribution in [0.2, 0.25) is 0 Å². The molecule has 3 nitrogen and oxygen atoms in total. The minimum absolute atomic E-state index is 0.0333. The van der Waals surface area contributed by atoms with E-state index in [9.17, 15) is 8.42 Å². The van der Waals surface area contributed by atoms with Crippen molar-refractivity contribution >= 4 is 15.9 Å². The summed E-state index contributed by atoms with van der Waals surface area (Å²) in [5.41, 5.74) is 7.73. The largest absolute Gasteiger partial charge is 0.324 e. The van der Waals surface area contributed by atoms with Gasteiger partial charge in [-0.05, 0) is 17.2 Å². The van der Waals surface area contributed by atoms with Crippen molar-refractivity contribution in [1.82, 2.24) is 0 Å². The second-order valence-corrected chi connectivity index (χ2v) is 6.24. The molecule has 1 aliphatic carbocycles. The van der Waals surface area contributed by atoms with Gasteiger partial charge in [0.1, 0.15) is 0 Å². The Morgan fingerprint density at radius 3 is 2.62 bits per heavy atom. The predicted molar refractivity (Wildman–Crippen MR) is 65.0 cm³/mol. The fourth-order valence-electron chi connectivity index (χ4n) is 2.09. The second kappa shape index (κ2) is 3.71.